The van der Waals surface area contributed by atoms with Gasteiger partial charge in [0.15, 0.2) is 0 Å². The molecule has 5 nitrogen and oxygen atoms in total. The van der Waals surface area contributed by atoms with Gasteiger partial charge in [-0.05, 0) is 30.9 Å². The quantitative estimate of drug-likeness (QED) is 0.938. The minimum Gasteiger partial charge on any atom is -0.323 e. The summed E-state index contributed by atoms with van der Waals surface area (Å²) in [7, 11) is 1.87. The number of halogens is 1. The maximum absolute atomic E-state index is 13.8. The zero-order valence-corrected chi connectivity index (χ0v) is 13.7. The zero-order chi connectivity index (χ0) is 16.7. The molecule has 24 heavy (non-hydrogen) atoms. The summed E-state index contributed by atoms with van der Waals surface area (Å²) in [5.41, 5.74) is 2.13. The summed E-state index contributed by atoms with van der Waals surface area (Å²) in [4.78, 5) is 15.1. The molecule has 1 aromatic carbocycles. The molecule has 1 fully saturated rings. The molecule has 1 amide bonds. The first-order chi connectivity index (χ1) is 11.6. The summed E-state index contributed by atoms with van der Waals surface area (Å²) in [6.45, 7) is 2.50. The van der Waals surface area contributed by atoms with Crippen molar-refractivity contribution in [2.24, 2.45) is 13.0 Å². The SMILES string of the molecule is Cn1cc2c(n1)[C@H](C(=O)Nc1ccccc1F)CN(CC1CC1)C2. The van der Waals surface area contributed by atoms with E-state index in [0.717, 1.165) is 30.3 Å². The lowest BCUT2D eigenvalue weighted by atomic mass is 9.95. The number of nitrogens with one attached hydrogen (secondary N) is 1. The van der Waals surface area contributed by atoms with Crippen molar-refractivity contribution < 1.29 is 9.18 Å². The number of carbonyl (C=O) groups is 1. The monoisotopic (exact) mass is 328 g/mol. The van der Waals surface area contributed by atoms with Gasteiger partial charge in [0, 0.05) is 38.4 Å². The number of hydrogen-bond donors (Lipinski definition) is 1. The molecule has 0 unspecified atom stereocenters. The molecule has 0 bridgehead atoms. The lowest BCUT2D eigenvalue weighted by molar-refractivity contribution is -0.118. The highest BCUT2D eigenvalue weighted by Crippen LogP contribution is 2.34. The second-order valence-electron chi connectivity index (χ2n) is 6.87. The molecule has 2 aromatic rings. The molecule has 0 radical (unpaired) electrons. The molecule has 1 aliphatic heterocycles. The van der Waals surface area contributed by atoms with E-state index >= 15 is 0 Å². The standard InChI is InChI=1S/C18H21FN4O/c1-22-9-13-10-23(8-12-6-7-12)11-14(17(13)21-22)18(24)20-16-5-3-2-4-15(16)19/h2-5,9,12,14H,6-8,10-11H2,1H3,(H,20,24)/t14-/m1/s1. The van der Waals surface area contributed by atoms with Gasteiger partial charge in [-0.25, -0.2) is 4.39 Å². The van der Waals surface area contributed by atoms with Gasteiger partial charge in [-0.15, -0.1) is 0 Å². The van der Waals surface area contributed by atoms with Crippen LogP contribution in [0.25, 0.3) is 0 Å². The van der Waals surface area contributed by atoms with Gasteiger partial charge in [-0.2, -0.15) is 5.10 Å². The highest BCUT2D eigenvalue weighted by Gasteiger charge is 2.35. The Bertz CT molecular complexity index is 768. The highest BCUT2D eigenvalue weighted by molar-refractivity contribution is 5.96. The van der Waals surface area contributed by atoms with Crippen molar-refractivity contribution >= 4 is 11.6 Å². The number of amides is 1. The molecule has 2 aliphatic rings. The molecular weight excluding hydrogens is 307 g/mol. The summed E-state index contributed by atoms with van der Waals surface area (Å²) in [5.74, 6) is -0.218. The first kappa shape index (κ1) is 15.3. The fourth-order valence-electron chi connectivity index (χ4n) is 3.41. The van der Waals surface area contributed by atoms with E-state index in [9.17, 15) is 9.18 Å². The van der Waals surface area contributed by atoms with Crippen LogP contribution in [0.3, 0.4) is 0 Å². The van der Waals surface area contributed by atoms with Gasteiger partial charge in [0.1, 0.15) is 5.82 Å². The minimum atomic E-state index is -0.419. The maximum Gasteiger partial charge on any atom is 0.234 e. The van der Waals surface area contributed by atoms with Crippen LogP contribution in [0.2, 0.25) is 0 Å². The molecular formula is C18H21FN4O. The van der Waals surface area contributed by atoms with E-state index in [1.54, 1.807) is 22.9 Å². The van der Waals surface area contributed by atoms with E-state index < -0.39 is 5.82 Å². The Morgan fingerprint density at radius 3 is 2.92 bits per heavy atom. The molecule has 6 heteroatoms. The first-order valence-electron chi connectivity index (χ1n) is 8.40. The van der Waals surface area contributed by atoms with Crippen LogP contribution in [0.5, 0.6) is 0 Å². The van der Waals surface area contributed by atoms with Gasteiger partial charge >= 0.3 is 0 Å². The van der Waals surface area contributed by atoms with Crippen LogP contribution >= 0.6 is 0 Å². The van der Waals surface area contributed by atoms with Gasteiger partial charge in [0.05, 0.1) is 17.3 Å². The number of anilines is 1. The summed E-state index contributed by atoms with van der Waals surface area (Å²) >= 11 is 0. The maximum atomic E-state index is 13.8. The van der Waals surface area contributed by atoms with E-state index in [2.05, 4.69) is 15.3 Å². The fraction of sp³-hybridized carbons (Fsp3) is 0.444. The van der Waals surface area contributed by atoms with Crippen molar-refractivity contribution in [3.8, 4) is 0 Å². The average Bonchev–Trinajstić information content (AvgIpc) is 3.27. The fourth-order valence-corrected chi connectivity index (χ4v) is 3.41. The van der Waals surface area contributed by atoms with Crippen LogP contribution in [0.1, 0.15) is 30.0 Å². The van der Waals surface area contributed by atoms with Crippen LogP contribution in [0.15, 0.2) is 30.5 Å². The number of nitrogens with zero attached hydrogens (tertiary/aromatic N) is 3. The van der Waals surface area contributed by atoms with Gasteiger partial charge in [0.25, 0.3) is 0 Å². The third-order valence-corrected chi connectivity index (χ3v) is 4.76. The molecule has 1 aliphatic carbocycles. The molecule has 0 saturated heterocycles. The van der Waals surface area contributed by atoms with Crippen LogP contribution in [-0.4, -0.2) is 33.7 Å². The molecule has 4 rings (SSSR count). The Balaban J connectivity index is 1.57. The number of aryl methyl sites for hydroxylation is 1. The van der Waals surface area contributed by atoms with Crippen LogP contribution in [-0.2, 0) is 18.4 Å². The Kier molecular flexibility index (Phi) is 3.84. The number of para-hydroxylation sites is 1. The lowest BCUT2D eigenvalue weighted by Gasteiger charge is -2.31. The Morgan fingerprint density at radius 1 is 1.38 bits per heavy atom. The highest BCUT2D eigenvalue weighted by atomic mass is 19.1. The second kappa shape index (κ2) is 6.02. The summed E-state index contributed by atoms with van der Waals surface area (Å²) < 4.78 is 15.6. The lowest BCUT2D eigenvalue weighted by Crippen LogP contribution is -2.39. The smallest absolute Gasteiger partial charge is 0.234 e. The normalized spacial score (nSPS) is 20.7. The average molecular weight is 328 g/mol. The summed E-state index contributed by atoms with van der Waals surface area (Å²) in [6.07, 6.45) is 4.54. The van der Waals surface area contributed by atoms with Crippen molar-refractivity contribution in [2.45, 2.75) is 25.3 Å². The van der Waals surface area contributed by atoms with Crippen molar-refractivity contribution in [2.75, 3.05) is 18.4 Å². The van der Waals surface area contributed by atoms with Crippen molar-refractivity contribution in [3.63, 3.8) is 0 Å². The molecule has 0 spiro atoms. The minimum absolute atomic E-state index is 0.194. The molecule has 126 valence electrons. The van der Waals surface area contributed by atoms with Crippen LogP contribution in [0, 0.1) is 11.7 Å². The van der Waals surface area contributed by atoms with Gasteiger partial charge < -0.3 is 5.32 Å². The second-order valence-corrected chi connectivity index (χ2v) is 6.87. The van der Waals surface area contributed by atoms with Crippen molar-refractivity contribution in [1.29, 1.82) is 0 Å². The third-order valence-electron chi connectivity index (χ3n) is 4.76. The largest absolute Gasteiger partial charge is 0.323 e. The predicted molar refractivity (Wildman–Crippen MR) is 89.0 cm³/mol. The summed E-state index contributed by atoms with van der Waals surface area (Å²) in [5, 5.41) is 7.21. The number of aromatic nitrogens is 2. The zero-order valence-electron chi connectivity index (χ0n) is 13.7. The molecule has 1 N–H and O–H groups in total. The van der Waals surface area contributed by atoms with E-state index in [4.69, 9.17) is 0 Å². The molecule has 2 heterocycles. The number of benzene rings is 1. The Morgan fingerprint density at radius 2 is 2.17 bits per heavy atom. The predicted octanol–water partition coefficient (Wildman–Crippen LogP) is 2.51. The summed E-state index contributed by atoms with van der Waals surface area (Å²) in [6, 6.07) is 6.25. The molecule has 1 aromatic heterocycles. The van der Waals surface area contributed by atoms with Gasteiger partial charge in [-0.1, -0.05) is 12.1 Å². The van der Waals surface area contributed by atoms with E-state index in [0.29, 0.717) is 6.54 Å². The van der Waals surface area contributed by atoms with Crippen LogP contribution < -0.4 is 5.32 Å². The number of fused-ring (bicyclic) bond motifs is 1. The third kappa shape index (κ3) is 3.06. The van der Waals surface area contributed by atoms with Crippen molar-refractivity contribution in [3.05, 3.63) is 47.5 Å². The number of hydrogen-bond acceptors (Lipinski definition) is 3. The Labute approximate surface area is 140 Å². The topological polar surface area (TPSA) is 50.2 Å². The van der Waals surface area contributed by atoms with Crippen molar-refractivity contribution in [1.82, 2.24) is 14.7 Å². The number of carbonyl (C=O) groups excluding carboxylic acids is 1. The molecule has 1 saturated carbocycles. The van der Waals surface area contributed by atoms with E-state index in [-0.39, 0.29) is 17.5 Å². The van der Waals surface area contributed by atoms with E-state index in [1.807, 2.05) is 13.2 Å². The number of rotatable bonds is 4. The first-order valence-corrected chi connectivity index (χ1v) is 8.40. The van der Waals surface area contributed by atoms with E-state index in [1.165, 1.54) is 18.9 Å². The Hall–Kier alpha value is -2.21. The molecule has 1 atom stereocenters. The van der Waals surface area contributed by atoms with Gasteiger partial charge in [-0.3, -0.25) is 14.4 Å². The van der Waals surface area contributed by atoms with Gasteiger partial charge in [0.2, 0.25) is 5.91 Å². The van der Waals surface area contributed by atoms with Crippen LogP contribution in [0.4, 0.5) is 10.1 Å².